The Balaban J connectivity index is 2.47. The number of nitrogens with one attached hydrogen (secondary N) is 1. The van der Waals surface area contributed by atoms with Crippen LogP contribution in [0.4, 0.5) is 0 Å². The first-order chi connectivity index (χ1) is 6.72. The molecule has 0 heterocycles. The van der Waals surface area contributed by atoms with E-state index in [9.17, 15) is 4.79 Å². The molecule has 0 radical (unpaired) electrons. The predicted molar refractivity (Wildman–Crippen MR) is 53.2 cm³/mol. The highest BCUT2D eigenvalue weighted by atomic mass is 16.4. The van der Waals surface area contributed by atoms with Crippen molar-refractivity contribution in [2.75, 3.05) is 0 Å². The van der Waals surface area contributed by atoms with Crippen molar-refractivity contribution < 1.29 is 9.90 Å². The molecule has 14 heavy (non-hydrogen) atoms. The quantitative estimate of drug-likeness (QED) is 0.699. The van der Waals surface area contributed by atoms with Gasteiger partial charge in [0.2, 0.25) is 0 Å². The fourth-order valence-electron chi connectivity index (χ4n) is 1.94. The molecule has 0 aromatic heterocycles. The van der Waals surface area contributed by atoms with Crippen LogP contribution in [0.25, 0.3) is 0 Å². The molecular formula is C11H11NO2. The highest BCUT2D eigenvalue weighted by molar-refractivity contribution is 5.88. The number of carboxylic acids is 1. The van der Waals surface area contributed by atoms with E-state index < -0.39 is 5.97 Å². The fourth-order valence-corrected chi connectivity index (χ4v) is 1.94. The van der Waals surface area contributed by atoms with Gasteiger partial charge in [-0.05, 0) is 36.1 Å². The topological polar surface area (TPSA) is 61.2 Å². The molecule has 0 fully saturated rings. The second kappa shape index (κ2) is 3.25. The van der Waals surface area contributed by atoms with Gasteiger partial charge < -0.3 is 10.5 Å². The van der Waals surface area contributed by atoms with Crippen LogP contribution in [0.5, 0.6) is 0 Å². The predicted octanol–water partition coefficient (Wildman–Crippen LogP) is 2.06. The van der Waals surface area contributed by atoms with E-state index >= 15 is 0 Å². The van der Waals surface area contributed by atoms with Crippen LogP contribution in [0, 0.1) is 5.41 Å². The summed E-state index contributed by atoms with van der Waals surface area (Å²) in [5.74, 6) is -0.785. The molecule has 3 nitrogen and oxygen atoms in total. The van der Waals surface area contributed by atoms with Gasteiger partial charge in [0.15, 0.2) is 0 Å². The number of fused-ring (bicyclic) bond motifs is 1. The molecule has 2 N–H and O–H groups in total. The summed E-state index contributed by atoms with van der Waals surface area (Å²) < 4.78 is 0. The number of aromatic carboxylic acids is 1. The maximum atomic E-state index is 10.7. The van der Waals surface area contributed by atoms with Crippen molar-refractivity contribution in [1.82, 2.24) is 0 Å². The summed E-state index contributed by atoms with van der Waals surface area (Å²) >= 11 is 0. The molecule has 3 heteroatoms. The number of hydrogen-bond donors (Lipinski definition) is 2. The molecule has 0 bridgehead atoms. The normalized spacial score (nSPS) is 19.0. The van der Waals surface area contributed by atoms with Crippen LogP contribution < -0.4 is 0 Å². The first kappa shape index (κ1) is 8.94. The summed E-state index contributed by atoms with van der Waals surface area (Å²) in [6, 6.07) is 5.19. The van der Waals surface area contributed by atoms with E-state index in [1.54, 1.807) is 12.1 Å². The van der Waals surface area contributed by atoms with Crippen LogP contribution in [0.3, 0.4) is 0 Å². The Bertz CT molecular complexity index is 398. The number of hydrogen-bond acceptors (Lipinski definition) is 2. The largest absolute Gasteiger partial charge is 0.478 e. The minimum absolute atomic E-state index is 0.115. The van der Waals surface area contributed by atoms with E-state index in [0.717, 1.165) is 18.4 Å². The summed E-state index contributed by atoms with van der Waals surface area (Å²) in [5.41, 5.74) is 2.51. The van der Waals surface area contributed by atoms with Crippen molar-refractivity contribution >= 4 is 12.2 Å². The third-order valence-corrected chi connectivity index (χ3v) is 2.72. The van der Waals surface area contributed by atoms with Gasteiger partial charge in [-0.15, -0.1) is 0 Å². The second-order valence-electron chi connectivity index (χ2n) is 3.53. The SMILES string of the molecule is N=CC1CCc2ccc(C(=O)O)cc21. The summed E-state index contributed by atoms with van der Waals surface area (Å²) in [7, 11) is 0. The number of benzene rings is 1. The van der Waals surface area contributed by atoms with Crippen LogP contribution in [-0.4, -0.2) is 17.3 Å². The van der Waals surface area contributed by atoms with E-state index in [1.807, 2.05) is 6.07 Å². The van der Waals surface area contributed by atoms with Crippen LogP contribution >= 0.6 is 0 Å². The van der Waals surface area contributed by atoms with Crippen LogP contribution in [0.15, 0.2) is 18.2 Å². The van der Waals surface area contributed by atoms with E-state index in [2.05, 4.69) is 0 Å². The zero-order valence-electron chi connectivity index (χ0n) is 7.66. The lowest BCUT2D eigenvalue weighted by molar-refractivity contribution is 0.0697. The van der Waals surface area contributed by atoms with Gasteiger partial charge >= 0.3 is 5.97 Å². The van der Waals surface area contributed by atoms with Gasteiger partial charge in [-0.25, -0.2) is 4.79 Å². The van der Waals surface area contributed by atoms with Crippen LogP contribution in [0.2, 0.25) is 0 Å². The monoisotopic (exact) mass is 189 g/mol. The van der Waals surface area contributed by atoms with Crippen molar-refractivity contribution in [2.24, 2.45) is 0 Å². The minimum atomic E-state index is -0.900. The second-order valence-corrected chi connectivity index (χ2v) is 3.53. The summed E-state index contributed by atoms with van der Waals surface area (Å²) in [4.78, 5) is 10.7. The Labute approximate surface area is 81.9 Å². The highest BCUT2D eigenvalue weighted by Crippen LogP contribution is 2.32. The Hall–Kier alpha value is -1.64. The molecule has 1 aliphatic carbocycles. The van der Waals surface area contributed by atoms with E-state index in [1.165, 1.54) is 11.8 Å². The number of carbonyl (C=O) groups is 1. The van der Waals surface area contributed by atoms with Gasteiger partial charge in [-0.1, -0.05) is 6.07 Å². The molecule has 1 aromatic rings. The van der Waals surface area contributed by atoms with Crippen LogP contribution in [-0.2, 0) is 6.42 Å². The van der Waals surface area contributed by atoms with Gasteiger partial charge in [0.1, 0.15) is 0 Å². The van der Waals surface area contributed by atoms with E-state index in [-0.39, 0.29) is 5.92 Å². The molecule has 0 saturated heterocycles. The molecule has 2 rings (SSSR count). The molecule has 0 saturated carbocycles. The van der Waals surface area contributed by atoms with Crippen LogP contribution in [0.1, 0.15) is 33.8 Å². The first-order valence-corrected chi connectivity index (χ1v) is 4.59. The molecule has 1 atom stereocenters. The molecule has 1 unspecified atom stereocenters. The van der Waals surface area contributed by atoms with Crippen molar-refractivity contribution in [2.45, 2.75) is 18.8 Å². The number of rotatable bonds is 2. The Kier molecular flexibility index (Phi) is 2.08. The molecule has 1 aromatic carbocycles. The zero-order chi connectivity index (χ0) is 10.1. The average Bonchev–Trinajstić information content (AvgIpc) is 2.59. The van der Waals surface area contributed by atoms with Crippen molar-refractivity contribution in [1.29, 1.82) is 5.41 Å². The van der Waals surface area contributed by atoms with Crippen molar-refractivity contribution in [3.8, 4) is 0 Å². The van der Waals surface area contributed by atoms with Gasteiger partial charge in [0.05, 0.1) is 5.56 Å². The van der Waals surface area contributed by atoms with E-state index in [4.69, 9.17) is 10.5 Å². The van der Waals surface area contributed by atoms with Crippen molar-refractivity contribution in [3.05, 3.63) is 34.9 Å². The third-order valence-electron chi connectivity index (χ3n) is 2.72. The molecule has 0 aliphatic heterocycles. The van der Waals surface area contributed by atoms with Gasteiger partial charge in [-0.2, -0.15) is 0 Å². The molecule has 1 aliphatic rings. The minimum Gasteiger partial charge on any atom is -0.478 e. The van der Waals surface area contributed by atoms with Gasteiger partial charge in [-0.3, -0.25) is 0 Å². The third kappa shape index (κ3) is 1.31. The van der Waals surface area contributed by atoms with E-state index in [0.29, 0.717) is 5.56 Å². The maximum absolute atomic E-state index is 10.7. The van der Waals surface area contributed by atoms with Gasteiger partial charge in [0.25, 0.3) is 0 Å². The first-order valence-electron chi connectivity index (χ1n) is 4.59. The zero-order valence-corrected chi connectivity index (χ0v) is 7.66. The molecular weight excluding hydrogens is 178 g/mol. The summed E-state index contributed by atoms with van der Waals surface area (Å²) in [5, 5.41) is 16.1. The standard InChI is InChI=1S/C11H11NO2/c12-6-9-4-2-7-1-3-8(11(13)14)5-10(7)9/h1,3,5-6,9,12H,2,4H2,(H,13,14). The van der Waals surface area contributed by atoms with Crippen molar-refractivity contribution in [3.63, 3.8) is 0 Å². The summed E-state index contributed by atoms with van der Waals surface area (Å²) in [6.45, 7) is 0. The molecule has 0 spiro atoms. The van der Waals surface area contributed by atoms with Gasteiger partial charge in [0, 0.05) is 12.1 Å². The molecule has 0 amide bonds. The Morgan fingerprint density at radius 3 is 3.00 bits per heavy atom. The lowest BCUT2D eigenvalue weighted by atomic mass is 10.0. The highest BCUT2D eigenvalue weighted by Gasteiger charge is 2.21. The average molecular weight is 189 g/mol. The fraction of sp³-hybridized carbons (Fsp3) is 0.273. The number of aryl methyl sites for hydroxylation is 1. The molecule has 72 valence electrons. The smallest absolute Gasteiger partial charge is 0.335 e. The Morgan fingerprint density at radius 2 is 2.36 bits per heavy atom. The Morgan fingerprint density at radius 1 is 1.57 bits per heavy atom. The maximum Gasteiger partial charge on any atom is 0.335 e. The number of carboxylic acid groups (broad SMARTS) is 1. The lowest BCUT2D eigenvalue weighted by Gasteiger charge is -2.05. The summed E-state index contributed by atoms with van der Waals surface area (Å²) in [6.07, 6.45) is 3.29. The lowest BCUT2D eigenvalue weighted by Crippen LogP contribution is -2.00.